The van der Waals surface area contributed by atoms with Gasteiger partial charge in [-0.25, -0.2) is 4.39 Å². The smallest absolute Gasteiger partial charge is 0.410 e. The molecule has 0 N–H and O–H groups in total. The first-order chi connectivity index (χ1) is 11.4. The lowest BCUT2D eigenvalue weighted by molar-refractivity contribution is -0.390. The number of fused-ring (bicyclic) bond motifs is 1. The van der Waals surface area contributed by atoms with Gasteiger partial charge in [0, 0.05) is 10.6 Å². The van der Waals surface area contributed by atoms with Crippen LogP contribution in [0.2, 0.25) is 10.0 Å². The number of nitrogens with zero attached hydrogens (tertiary/aromatic N) is 2. The first-order valence-corrected chi connectivity index (χ1v) is 7.46. The van der Waals surface area contributed by atoms with Gasteiger partial charge in [0.25, 0.3) is 5.75 Å². The Morgan fingerprint density at radius 3 is 2.83 bits per heavy atom. The molecule has 124 valence electrons. The predicted molar refractivity (Wildman–Crippen MR) is 86.1 cm³/mol. The van der Waals surface area contributed by atoms with Crippen molar-refractivity contribution in [3.05, 3.63) is 62.2 Å². The summed E-state index contributed by atoms with van der Waals surface area (Å²) in [4.78, 5) is 14.3. The van der Waals surface area contributed by atoms with E-state index in [-0.39, 0.29) is 26.9 Å². The Hall–Kier alpha value is -2.38. The Balaban J connectivity index is 2.10. The molecular formula is C15H9Cl2FN2O4. The highest BCUT2D eigenvalue weighted by Gasteiger charge is 2.27. The fourth-order valence-corrected chi connectivity index (χ4v) is 2.96. The van der Waals surface area contributed by atoms with Gasteiger partial charge in [-0.05, 0) is 35.0 Å². The summed E-state index contributed by atoms with van der Waals surface area (Å²) in [6.07, 6.45) is 1.78. The molecule has 2 heterocycles. The maximum absolute atomic E-state index is 13.7. The van der Waals surface area contributed by atoms with Gasteiger partial charge in [0.15, 0.2) is 11.8 Å². The van der Waals surface area contributed by atoms with Crippen LogP contribution in [0.15, 0.2) is 35.1 Å². The van der Waals surface area contributed by atoms with E-state index >= 15 is 0 Å². The van der Waals surface area contributed by atoms with Crippen molar-refractivity contribution in [2.24, 2.45) is 0 Å². The van der Waals surface area contributed by atoms with Crippen molar-refractivity contribution >= 4 is 40.0 Å². The van der Waals surface area contributed by atoms with Crippen molar-refractivity contribution in [2.75, 3.05) is 0 Å². The Bertz CT molecular complexity index is 945. The molecule has 2 aromatic heterocycles. The number of nitro groups is 1. The average molecular weight is 371 g/mol. The third kappa shape index (κ3) is 2.76. The lowest BCUT2D eigenvalue weighted by Gasteiger charge is -2.17. The number of ether oxygens (including phenoxy) is 1. The van der Waals surface area contributed by atoms with Gasteiger partial charge in [0.2, 0.25) is 0 Å². The normalized spacial score (nSPS) is 12.3. The van der Waals surface area contributed by atoms with E-state index < -0.39 is 22.7 Å². The summed E-state index contributed by atoms with van der Waals surface area (Å²) in [7, 11) is 0. The minimum absolute atomic E-state index is 0.159. The molecule has 9 heteroatoms. The Morgan fingerprint density at radius 1 is 1.38 bits per heavy atom. The minimum Gasteiger partial charge on any atom is -0.475 e. The second kappa shape index (κ2) is 6.26. The van der Waals surface area contributed by atoms with Gasteiger partial charge in [-0.2, -0.15) is 0 Å². The number of benzene rings is 1. The third-order valence-corrected chi connectivity index (χ3v) is 4.10. The van der Waals surface area contributed by atoms with Crippen molar-refractivity contribution in [3.63, 3.8) is 0 Å². The number of aromatic nitrogens is 1. The quantitative estimate of drug-likeness (QED) is 0.352. The van der Waals surface area contributed by atoms with Gasteiger partial charge in [-0.15, -0.1) is 0 Å². The molecule has 1 unspecified atom stereocenters. The molecule has 0 spiro atoms. The third-order valence-electron chi connectivity index (χ3n) is 3.38. The van der Waals surface area contributed by atoms with Crippen LogP contribution in [0.5, 0.6) is 5.75 Å². The van der Waals surface area contributed by atoms with E-state index in [4.69, 9.17) is 32.4 Å². The summed E-state index contributed by atoms with van der Waals surface area (Å²) in [6, 6.07) is 4.04. The molecular weight excluding hydrogens is 362 g/mol. The minimum atomic E-state index is -0.878. The zero-order valence-corrected chi connectivity index (χ0v) is 13.6. The highest BCUT2D eigenvalue weighted by molar-refractivity contribution is 6.36. The Labute approximate surface area is 144 Å². The van der Waals surface area contributed by atoms with Crippen LogP contribution in [-0.4, -0.2) is 9.91 Å². The first kappa shape index (κ1) is 16.5. The highest BCUT2D eigenvalue weighted by Crippen LogP contribution is 2.40. The molecule has 0 bridgehead atoms. The highest BCUT2D eigenvalue weighted by atomic mass is 35.5. The van der Waals surface area contributed by atoms with Crippen LogP contribution in [0.25, 0.3) is 11.0 Å². The summed E-state index contributed by atoms with van der Waals surface area (Å²) >= 11 is 12.0. The number of hydrogen-bond acceptors (Lipinski definition) is 5. The lowest BCUT2D eigenvalue weighted by atomic mass is 10.1. The van der Waals surface area contributed by atoms with Gasteiger partial charge < -0.3 is 19.3 Å². The average Bonchev–Trinajstić information content (AvgIpc) is 3.00. The van der Waals surface area contributed by atoms with Crippen LogP contribution in [0.1, 0.15) is 18.6 Å². The summed E-state index contributed by atoms with van der Waals surface area (Å²) in [5.74, 6) is -1.37. The molecule has 0 aliphatic carbocycles. The second-order valence-corrected chi connectivity index (χ2v) is 5.68. The molecule has 1 aromatic carbocycles. The number of halogens is 3. The molecule has 0 fully saturated rings. The molecule has 24 heavy (non-hydrogen) atoms. The Kier molecular flexibility index (Phi) is 4.29. The first-order valence-electron chi connectivity index (χ1n) is 6.70. The SMILES string of the molecule is CC(Oc1c([N+](=O)[O-])ncc2ccoc12)c1c(Cl)ccc(F)c1Cl. The van der Waals surface area contributed by atoms with Crippen molar-refractivity contribution in [1.82, 2.24) is 4.98 Å². The van der Waals surface area contributed by atoms with Crippen LogP contribution in [0.4, 0.5) is 10.2 Å². The number of rotatable bonds is 4. The van der Waals surface area contributed by atoms with E-state index in [1.54, 1.807) is 6.07 Å². The molecule has 0 amide bonds. The molecule has 0 radical (unpaired) electrons. The molecule has 0 aliphatic heterocycles. The van der Waals surface area contributed by atoms with Crippen LogP contribution < -0.4 is 4.74 Å². The van der Waals surface area contributed by atoms with Gasteiger partial charge >= 0.3 is 5.82 Å². The van der Waals surface area contributed by atoms with E-state index in [0.29, 0.717) is 5.39 Å². The van der Waals surface area contributed by atoms with E-state index in [2.05, 4.69) is 4.98 Å². The molecule has 6 nitrogen and oxygen atoms in total. The predicted octanol–water partition coefficient (Wildman–Crippen LogP) is 5.32. The molecule has 0 saturated carbocycles. The number of furan rings is 1. The van der Waals surface area contributed by atoms with Gasteiger partial charge in [-0.3, -0.25) is 0 Å². The van der Waals surface area contributed by atoms with Crippen molar-refractivity contribution in [1.29, 1.82) is 0 Å². The maximum atomic E-state index is 13.7. The number of hydrogen-bond donors (Lipinski definition) is 0. The van der Waals surface area contributed by atoms with E-state index in [9.17, 15) is 14.5 Å². The summed E-state index contributed by atoms with van der Waals surface area (Å²) in [5.41, 5.74) is 0.336. The summed E-state index contributed by atoms with van der Waals surface area (Å²) < 4.78 is 24.6. The molecule has 0 saturated heterocycles. The van der Waals surface area contributed by atoms with E-state index in [0.717, 1.165) is 6.07 Å². The molecule has 0 aliphatic rings. The van der Waals surface area contributed by atoms with Crippen molar-refractivity contribution in [3.8, 4) is 5.75 Å². The molecule has 1 atom stereocenters. The van der Waals surface area contributed by atoms with Crippen LogP contribution >= 0.6 is 23.2 Å². The zero-order valence-electron chi connectivity index (χ0n) is 12.1. The van der Waals surface area contributed by atoms with Crippen molar-refractivity contribution in [2.45, 2.75) is 13.0 Å². The van der Waals surface area contributed by atoms with Crippen molar-refractivity contribution < 1.29 is 18.5 Å². The van der Waals surface area contributed by atoms with E-state index in [1.165, 1.54) is 25.5 Å². The maximum Gasteiger partial charge on any atom is 0.410 e. The largest absolute Gasteiger partial charge is 0.475 e. The van der Waals surface area contributed by atoms with Crippen LogP contribution in [-0.2, 0) is 0 Å². The topological polar surface area (TPSA) is 78.4 Å². The van der Waals surface area contributed by atoms with E-state index in [1.807, 2.05) is 0 Å². The summed E-state index contributed by atoms with van der Waals surface area (Å²) in [6.45, 7) is 1.54. The number of pyridine rings is 1. The standard InChI is InChI=1S/C15H9Cl2FN2O4/c1-7(11-9(16)2-3-10(18)12(11)17)24-14-13-8(4-5-23-13)6-19-15(14)20(21)22/h2-7H,1H3. The van der Waals surface area contributed by atoms with Crippen LogP contribution in [0.3, 0.4) is 0 Å². The summed E-state index contributed by atoms with van der Waals surface area (Å²) in [5, 5.41) is 11.7. The van der Waals surface area contributed by atoms with Crippen LogP contribution in [0, 0.1) is 15.9 Å². The second-order valence-electron chi connectivity index (χ2n) is 4.89. The zero-order chi connectivity index (χ0) is 17.4. The van der Waals surface area contributed by atoms with Gasteiger partial charge in [-0.1, -0.05) is 23.2 Å². The molecule has 3 aromatic rings. The monoisotopic (exact) mass is 370 g/mol. The fraction of sp³-hybridized carbons (Fsp3) is 0.133. The van der Waals surface area contributed by atoms with Gasteiger partial charge in [0.1, 0.15) is 11.9 Å². The van der Waals surface area contributed by atoms with Gasteiger partial charge in [0.05, 0.1) is 16.7 Å². The Morgan fingerprint density at radius 2 is 2.12 bits per heavy atom. The lowest BCUT2D eigenvalue weighted by Crippen LogP contribution is -2.08. The fourth-order valence-electron chi connectivity index (χ4n) is 2.28. The molecule has 3 rings (SSSR count).